The van der Waals surface area contributed by atoms with Crippen molar-refractivity contribution in [2.24, 2.45) is 0 Å². The minimum Gasteiger partial charge on any atom is -0.372 e. The van der Waals surface area contributed by atoms with E-state index < -0.39 is 0 Å². The van der Waals surface area contributed by atoms with Crippen molar-refractivity contribution in [3.05, 3.63) is 11.6 Å². The van der Waals surface area contributed by atoms with Crippen molar-refractivity contribution in [2.45, 2.75) is 52.0 Å². The zero-order chi connectivity index (χ0) is 14.1. The lowest BCUT2D eigenvalue weighted by Gasteiger charge is -2.35. The van der Waals surface area contributed by atoms with Crippen molar-refractivity contribution in [3.63, 3.8) is 0 Å². The van der Waals surface area contributed by atoms with Gasteiger partial charge in [-0.15, -0.1) is 10.2 Å². The first-order valence-corrected chi connectivity index (χ1v) is 7.22. The Morgan fingerprint density at radius 2 is 2.10 bits per heavy atom. The molecule has 0 radical (unpaired) electrons. The Hall–Kier alpha value is -1.63. The quantitative estimate of drug-likeness (QED) is 0.858. The van der Waals surface area contributed by atoms with Gasteiger partial charge in [0.05, 0.1) is 18.8 Å². The lowest BCUT2D eigenvalue weighted by molar-refractivity contribution is -0.0545. The van der Waals surface area contributed by atoms with Gasteiger partial charge < -0.3 is 19.5 Å². The molecule has 1 aromatic heterocycles. The Bertz CT molecular complexity index is 491. The van der Waals surface area contributed by atoms with Gasteiger partial charge in [-0.2, -0.15) is 0 Å². The molecule has 0 spiro atoms. The molecule has 2 aliphatic rings. The number of carbonyl (C=O) groups is 1. The molecule has 2 amide bonds. The highest BCUT2D eigenvalue weighted by Crippen LogP contribution is 2.14. The summed E-state index contributed by atoms with van der Waals surface area (Å²) in [5, 5.41) is 11.2. The van der Waals surface area contributed by atoms with Crippen LogP contribution in [0.25, 0.3) is 0 Å². The number of nitrogens with one attached hydrogen (secondary N) is 1. The standard InChI is InChI=1S/C13H21N5O2/c1-9-7-17(8-10(2)20-9)13(19)14-6-12-16-15-11-4-3-5-18(11)12/h9-10H,3-8H2,1-2H3,(H,14,19)/t9-,10-/m0/s1. The minimum absolute atomic E-state index is 0.0534. The van der Waals surface area contributed by atoms with Crippen LogP contribution in [-0.2, 0) is 24.2 Å². The number of hydrogen-bond donors (Lipinski definition) is 1. The van der Waals surface area contributed by atoms with Crippen LogP contribution in [0.3, 0.4) is 0 Å². The Morgan fingerprint density at radius 1 is 1.35 bits per heavy atom. The molecule has 3 heterocycles. The van der Waals surface area contributed by atoms with Gasteiger partial charge in [0.2, 0.25) is 0 Å². The number of urea groups is 1. The number of nitrogens with zero attached hydrogens (tertiary/aromatic N) is 4. The number of aryl methyl sites for hydroxylation is 1. The van der Waals surface area contributed by atoms with Crippen LogP contribution in [0.4, 0.5) is 4.79 Å². The fraction of sp³-hybridized carbons (Fsp3) is 0.769. The van der Waals surface area contributed by atoms with Gasteiger partial charge in [-0.1, -0.05) is 0 Å². The Balaban J connectivity index is 1.56. The number of hydrogen-bond acceptors (Lipinski definition) is 4. The number of carbonyl (C=O) groups excluding carboxylic acids is 1. The monoisotopic (exact) mass is 279 g/mol. The van der Waals surface area contributed by atoms with Gasteiger partial charge >= 0.3 is 6.03 Å². The van der Waals surface area contributed by atoms with Crippen LogP contribution in [0, 0.1) is 0 Å². The largest absolute Gasteiger partial charge is 0.372 e. The van der Waals surface area contributed by atoms with Gasteiger partial charge in [0.1, 0.15) is 5.82 Å². The lowest BCUT2D eigenvalue weighted by atomic mass is 10.2. The van der Waals surface area contributed by atoms with Gasteiger partial charge in [-0.3, -0.25) is 0 Å². The summed E-state index contributed by atoms with van der Waals surface area (Å²) >= 11 is 0. The molecule has 3 rings (SSSR count). The summed E-state index contributed by atoms with van der Waals surface area (Å²) in [6.07, 6.45) is 2.27. The minimum atomic E-state index is -0.0534. The van der Waals surface area contributed by atoms with E-state index in [-0.39, 0.29) is 18.2 Å². The van der Waals surface area contributed by atoms with Crippen LogP contribution >= 0.6 is 0 Å². The fourth-order valence-corrected chi connectivity index (χ4v) is 2.95. The first-order chi connectivity index (χ1) is 9.63. The summed E-state index contributed by atoms with van der Waals surface area (Å²) in [6.45, 7) is 6.63. The van der Waals surface area contributed by atoms with Crippen molar-refractivity contribution >= 4 is 6.03 Å². The van der Waals surface area contributed by atoms with E-state index >= 15 is 0 Å². The topological polar surface area (TPSA) is 72.3 Å². The molecule has 7 nitrogen and oxygen atoms in total. The average molecular weight is 279 g/mol. The first-order valence-electron chi connectivity index (χ1n) is 7.22. The molecule has 2 aliphatic heterocycles. The maximum absolute atomic E-state index is 12.2. The first kappa shape index (κ1) is 13.4. The molecular weight excluding hydrogens is 258 g/mol. The highest BCUT2D eigenvalue weighted by Gasteiger charge is 2.26. The fourth-order valence-electron chi connectivity index (χ4n) is 2.95. The van der Waals surface area contributed by atoms with E-state index in [1.165, 1.54) is 0 Å². The van der Waals surface area contributed by atoms with Crippen LogP contribution in [0.2, 0.25) is 0 Å². The normalized spacial score (nSPS) is 25.6. The van der Waals surface area contributed by atoms with E-state index in [0.717, 1.165) is 31.0 Å². The molecule has 1 fully saturated rings. The lowest BCUT2D eigenvalue weighted by Crippen LogP contribution is -2.51. The molecule has 0 bridgehead atoms. The van der Waals surface area contributed by atoms with Crippen molar-refractivity contribution in [1.29, 1.82) is 0 Å². The molecule has 0 aliphatic carbocycles. The number of morpholine rings is 1. The summed E-state index contributed by atoms with van der Waals surface area (Å²) < 4.78 is 7.73. The third-order valence-corrected chi connectivity index (χ3v) is 3.79. The molecule has 20 heavy (non-hydrogen) atoms. The molecule has 7 heteroatoms. The van der Waals surface area contributed by atoms with Crippen LogP contribution in [0.1, 0.15) is 31.9 Å². The molecule has 1 aromatic rings. The SMILES string of the molecule is C[C@H]1CN(C(=O)NCc2nnc3n2CCC3)C[C@H](C)O1. The summed E-state index contributed by atoms with van der Waals surface area (Å²) in [7, 11) is 0. The molecule has 1 N–H and O–H groups in total. The van der Waals surface area contributed by atoms with Gasteiger partial charge in [-0.05, 0) is 20.3 Å². The Labute approximate surface area is 118 Å². The third-order valence-electron chi connectivity index (χ3n) is 3.79. The molecular formula is C13H21N5O2. The van der Waals surface area contributed by atoms with E-state index in [4.69, 9.17) is 4.74 Å². The molecule has 110 valence electrons. The number of ether oxygens (including phenoxy) is 1. The van der Waals surface area contributed by atoms with E-state index in [2.05, 4.69) is 20.1 Å². The predicted octanol–water partition coefficient (Wildman–Crippen LogP) is 0.543. The van der Waals surface area contributed by atoms with Crippen molar-refractivity contribution in [3.8, 4) is 0 Å². The summed E-state index contributed by atoms with van der Waals surface area (Å²) in [5.74, 6) is 1.88. The maximum atomic E-state index is 12.2. The summed E-state index contributed by atoms with van der Waals surface area (Å²) in [6, 6.07) is -0.0534. The van der Waals surface area contributed by atoms with Gasteiger partial charge in [-0.25, -0.2) is 4.79 Å². The number of aromatic nitrogens is 3. The van der Waals surface area contributed by atoms with Gasteiger partial charge in [0, 0.05) is 26.1 Å². The number of rotatable bonds is 2. The molecule has 0 unspecified atom stereocenters. The third kappa shape index (κ3) is 2.63. The Kier molecular flexibility index (Phi) is 3.60. The van der Waals surface area contributed by atoms with Crippen LogP contribution in [-0.4, -0.2) is 51.0 Å². The van der Waals surface area contributed by atoms with Crippen molar-refractivity contribution in [1.82, 2.24) is 25.0 Å². The zero-order valence-electron chi connectivity index (χ0n) is 12.0. The van der Waals surface area contributed by atoms with Gasteiger partial charge in [0.15, 0.2) is 5.82 Å². The van der Waals surface area contributed by atoms with Crippen LogP contribution < -0.4 is 5.32 Å². The van der Waals surface area contributed by atoms with E-state index in [0.29, 0.717) is 19.6 Å². The van der Waals surface area contributed by atoms with E-state index in [1.807, 2.05) is 13.8 Å². The average Bonchev–Trinajstić information content (AvgIpc) is 2.98. The molecule has 1 saturated heterocycles. The second kappa shape index (κ2) is 5.40. The molecule has 0 aromatic carbocycles. The second-order valence-electron chi connectivity index (χ2n) is 5.61. The van der Waals surface area contributed by atoms with Crippen molar-refractivity contribution in [2.75, 3.05) is 13.1 Å². The molecule has 0 saturated carbocycles. The summed E-state index contributed by atoms with van der Waals surface area (Å²) in [4.78, 5) is 14.0. The molecule has 2 atom stereocenters. The number of amides is 2. The smallest absolute Gasteiger partial charge is 0.317 e. The highest BCUT2D eigenvalue weighted by molar-refractivity contribution is 5.74. The zero-order valence-corrected chi connectivity index (χ0v) is 12.0. The second-order valence-corrected chi connectivity index (χ2v) is 5.61. The Morgan fingerprint density at radius 3 is 2.85 bits per heavy atom. The summed E-state index contributed by atoms with van der Waals surface area (Å²) in [5.41, 5.74) is 0. The van der Waals surface area contributed by atoms with Crippen LogP contribution in [0.5, 0.6) is 0 Å². The van der Waals surface area contributed by atoms with E-state index in [9.17, 15) is 4.79 Å². The van der Waals surface area contributed by atoms with Crippen LogP contribution in [0.15, 0.2) is 0 Å². The van der Waals surface area contributed by atoms with Gasteiger partial charge in [0.25, 0.3) is 0 Å². The predicted molar refractivity (Wildman–Crippen MR) is 72.2 cm³/mol. The van der Waals surface area contributed by atoms with Crippen molar-refractivity contribution < 1.29 is 9.53 Å². The van der Waals surface area contributed by atoms with E-state index in [1.54, 1.807) is 4.90 Å². The number of fused-ring (bicyclic) bond motifs is 1. The highest BCUT2D eigenvalue weighted by atomic mass is 16.5. The maximum Gasteiger partial charge on any atom is 0.317 e.